The molecule has 0 unspecified atom stereocenters. The van der Waals surface area contributed by atoms with Crippen LogP contribution in [0, 0.1) is 13.8 Å². The Morgan fingerprint density at radius 3 is 2.00 bits per heavy atom. The predicted molar refractivity (Wildman–Crippen MR) is 108 cm³/mol. The summed E-state index contributed by atoms with van der Waals surface area (Å²) in [5.74, 6) is 1.52. The van der Waals surface area contributed by atoms with Gasteiger partial charge in [0.05, 0.1) is 14.2 Å². The zero-order valence-corrected chi connectivity index (χ0v) is 16.0. The van der Waals surface area contributed by atoms with Crippen molar-refractivity contribution in [3.05, 3.63) is 83.2 Å². The number of carbonyl (C=O) groups excluding carboxylic acids is 1. The summed E-state index contributed by atoms with van der Waals surface area (Å²) in [6.45, 7) is 4.11. The third kappa shape index (κ3) is 3.95. The molecule has 138 valence electrons. The Hall–Kier alpha value is -3.27. The predicted octanol–water partition coefficient (Wildman–Crippen LogP) is 5.01. The van der Waals surface area contributed by atoms with E-state index >= 15 is 0 Å². The fourth-order valence-electron chi connectivity index (χ4n) is 3.10. The van der Waals surface area contributed by atoms with E-state index in [1.54, 1.807) is 44.6 Å². The quantitative estimate of drug-likeness (QED) is 0.458. The van der Waals surface area contributed by atoms with Gasteiger partial charge in [0.15, 0.2) is 5.78 Å². The molecule has 27 heavy (non-hydrogen) atoms. The summed E-state index contributed by atoms with van der Waals surface area (Å²) in [6.07, 6.45) is 3.48. The summed E-state index contributed by atoms with van der Waals surface area (Å²) >= 11 is 0. The van der Waals surface area contributed by atoms with Crippen LogP contribution in [0.15, 0.2) is 60.7 Å². The molecule has 0 N–H and O–H groups in total. The van der Waals surface area contributed by atoms with Gasteiger partial charge in [0, 0.05) is 22.6 Å². The molecule has 1 heterocycles. The van der Waals surface area contributed by atoms with Crippen molar-refractivity contribution in [2.24, 2.45) is 0 Å². The summed E-state index contributed by atoms with van der Waals surface area (Å²) in [4.78, 5) is 12.4. The lowest BCUT2D eigenvalue weighted by Gasteiger charge is -2.10. The van der Waals surface area contributed by atoms with Gasteiger partial charge in [-0.25, -0.2) is 0 Å². The summed E-state index contributed by atoms with van der Waals surface area (Å²) in [5.41, 5.74) is 4.90. The first-order valence-corrected chi connectivity index (χ1v) is 8.73. The van der Waals surface area contributed by atoms with Crippen LogP contribution in [0.1, 0.15) is 27.3 Å². The van der Waals surface area contributed by atoms with Crippen LogP contribution in [-0.4, -0.2) is 24.6 Å². The molecule has 4 nitrogen and oxygen atoms in total. The molecule has 2 aromatic carbocycles. The van der Waals surface area contributed by atoms with Crippen molar-refractivity contribution in [2.45, 2.75) is 13.8 Å². The molecule has 0 saturated heterocycles. The number of aromatic nitrogens is 1. The molecule has 3 aromatic rings. The van der Waals surface area contributed by atoms with Crippen molar-refractivity contribution in [1.29, 1.82) is 0 Å². The highest BCUT2D eigenvalue weighted by Gasteiger charge is 2.10. The number of benzene rings is 2. The van der Waals surface area contributed by atoms with Crippen LogP contribution in [0.3, 0.4) is 0 Å². The van der Waals surface area contributed by atoms with Gasteiger partial charge in [-0.3, -0.25) is 4.79 Å². The second-order valence-electron chi connectivity index (χ2n) is 6.29. The monoisotopic (exact) mass is 361 g/mol. The molecule has 0 saturated carbocycles. The summed E-state index contributed by atoms with van der Waals surface area (Å²) < 4.78 is 12.5. The molecule has 0 aliphatic heterocycles. The van der Waals surface area contributed by atoms with E-state index in [4.69, 9.17) is 9.47 Å². The summed E-state index contributed by atoms with van der Waals surface area (Å²) in [5, 5.41) is 0. The molecule has 3 rings (SSSR count). The Morgan fingerprint density at radius 2 is 1.44 bits per heavy atom. The Bertz CT molecular complexity index is 964. The van der Waals surface area contributed by atoms with Crippen molar-refractivity contribution in [3.8, 4) is 17.2 Å². The van der Waals surface area contributed by atoms with Gasteiger partial charge in [-0.15, -0.1) is 0 Å². The Morgan fingerprint density at radius 1 is 0.889 bits per heavy atom. The van der Waals surface area contributed by atoms with Gasteiger partial charge in [0.25, 0.3) is 0 Å². The average Bonchev–Trinajstić information content (AvgIpc) is 2.99. The fourth-order valence-corrected chi connectivity index (χ4v) is 3.10. The first kappa shape index (κ1) is 18.5. The molecule has 0 aliphatic rings. The molecule has 0 aliphatic carbocycles. The van der Waals surface area contributed by atoms with Crippen molar-refractivity contribution in [3.63, 3.8) is 0 Å². The van der Waals surface area contributed by atoms with Crippen LogP contribution in [0.2, 0.25) is 0 Å². The van der Waals surface area contributed by atoms with E-state index in [0.29, 0.717) is 5.56 Å². The first-order chi connectivity index (χ1) is 13.0. The number of hydrogen-bond donors (Lipinski definition) is 0. The molecular weight excluding hydrogens is 338 g/mol. The van der Waals surface area contributed by atoms with E-state index in [-0.39, 0.29) is 5.78 Å². The zero-order valence-electron chi connectivity index (χ0n) is 16.0. The van der Waals surface area contributed by atoms with Gasteiger partial charge < -0.3 is 14.0 Å². The van der Waals surface area contributed by atoms with E-state index in [0.717, 1.165) is 34.1 Å². The Labute approximate surface area is 159 Å². The molecule has 0 atom stereocenters. The minimum atomic E-state index is -0.0353. The van der Waals surface area contributed by atoms with Crippen LogP contribution in [0.4, 0.5) is 0 Å². The highest BCUT2D eigenvalue weighted by molar-refractivity contribution is 6.06. The minimum Gasteiger partial charge on any atom is -0.497 e. The van der Waals surface area contributed by atoms with Crippen LogP contribution >= 0.6 is 0 Å². The third-order valence-corrected chi connectivity index (χ3v) is 4.59. The third-order valence-electron chi connectivity index (χ3n) is 4.59. The highest BCUT2D eigenvalue weighted by atomic mass is 16.5. The van der Waals surface area contributed by atoms with Crippen molar-refractivity contribution in [2.75, 3.05) is 14.2 Å². The number of ether oxygens (including phenoxy) is 2. The van der Waals surface area contributed by atoms with Crippen LogP contribution < -0.4 is 9.47 Å². The molecular formula is C23H23NO3. The van der Waals surface area contributed by atoms with Crippen LogP contribution in [-0.2, 0) is 0 Å². The van der Waals surface area contributed by atoms with Gasteiger partial charge in [0.1, 0.15) is 11.5 Å². The number of carbonyl (C=O) groups is 1. The zero-order chi connectivity index (χ0) is 19.4. The van der Waals surface area contributed by atoms with Gasteiger partial charge in [-0.1, -0.05) is 0 Å². The van der Waals surface area contributed by atoms with Crippen molar-refractivity contribution in [1.82, 2.24) is 4.57 Å². The van der Waals surface area contributed by atoms with E-state index < -0.39 is 0 Å². The van der Waals surface area contributed by atoms with Crippen LogP contribution in [0.5, 0.6) is 11.5 Å². The molecule has 0 amide bonds. The molecule has 0 fully saturated rings. The first-order valence-electron chi connectivity index (χ1n) is 8.73. The molecule has 0 bridgehead atoms. The average molecular weight is 361 g/mol. The topological polar surface area (TPSA) is 40.5 Å². The second kappa shape index (κ2) is 7.96. The largest absolute Gasteiger partial charge is 0.497 e. The lowest BCUT2D eigenvalue weighted by molar-refractivity contribution is 0.104. The number of nitrogens with zero attached hydrogens (tertiary/aromatic N) is 1. The van der Waals surface area contributed by atoms with Crippen molar-refractivity contribution >= 4 is 11.9 Å². The van der Waals surface area contributed by atoms with Crippen LogP contribution in [0.25, 0.3) is 11.8 Å². The number of allylic oxidation sites excluding steroid dienone is 1. The van der Waals surface area contributed by atoms with Crippen molar-refractivity contribution < 1.29 is 14.3 Å². The maximum absolute atomic E-state index is 12.4. The SMILES string of the molecule is COc1ccc(C(=O)/C=C/c2cc(C)n(-c3ccc(OC)cc3)c2C)cc1. The lowest BCUT2D eigenvalue weighted by atomic mass is 10.1. The Balaban J connectivity index is 1.84. The number of aryl methyl sites for hydroxylation is 1. The standard InChI is InChI=1S/C23H23NO3/c1-16-15-19(7-14-23(25)18-5-10-21(26-3)11-6-18)17(2)24(16)20-8-12-22(27-4)13-9-20/h5-15H,1-4H3/b14-7+. The maximum atomic E-state index is 12.4. The fraction of sp³-hybridized carbons (Fsp3) is 0.174. The highest BCUT2D eigenvalue weighted by Crippen LogP contribution is 2.24. The molecule has 0 spiro atoms. The number of ketones is 1. The summed E-state index contributed by atoms with van der Waals surface area (Å²) in [7, 11) is 3.26. The number of methoxy groups -OCH3 is 2. The van der Waals surface area contributed by atoms with E-state index in [9.17, 15) is 4.79 Å². The smallest absolute Gasteiger partial charge is 0.185 e. The van der Waals surface area contributed by atoms with E-state index in [1.165, 1.54) is 0 Å². The molecule has 4 heteroatoms. The van der Waals surface area contributed by atoms with E-state index in [1.807, 2.05) is 30.3 Å². The Kier molecular flexibility index (Phi) is 5.46. The van der Waals surface area contributed by atoms with Gasteiger partial charge in [-0.2, -0.15) is 0 Å². The number of rotatable bonds is 6. The minimum absolute atomic E-state index is 0.0353. The molecule has 1 aromatic heterocycles. The lowest BCUT2D eigenvalue weighted by Crippen LogP contribution is -1.99. The normalized spacial score (nSPS) is 11.0. The van der Waals surface area contributed by atoms with E-state index in [2.05, 4.69) is 24.5 Å². The van der Waals surface area contributed by atoms with Gasteiger partial charge >= 0.3 is 0 Å². The summed E-state index contributed by atoms with van der Waals surface area (Å²) in [6, 6.07) is 17.1. The number of hydrogen-bond acceptors (Lipinski definition) is 3. The second-order valence-corrected chi connectivity index (χ2v) is 6.29. The maximum Gasteiger partial charge on any atom is 0.185 e. The van der Waals surface area contributed by atoms with Gasteiger partial charge in [0.2, 0.25) is 0 Å². The van der Waals surface area contributed by atoms with Gasteiger partial charge in [-0.05, 0) is 86.2 Å². The molecule has 0 radical (unpaired) electrons.